The van der Waals surface area contributed by atoms with E-state index in [1.54, 1.807) is 24.3 Å². The molecule has 0 saturated heterocycles. The second-order valence-electron chi connectivity index (χ2n) is 4.30. The molecule has 0 heterocycles. The minimum atomic E-state index is -0.663. The van der Waals surface area contributed by atoms with Crippen molar-refractivity contribution in [3.05, 3.63) is 68.3 Å². The van der Waals surface area contributed by atoms with Crippen LogP contribution in [0.25, 0.3) is 0 Å². The van der Waals surface area contributed by atoms with Gasteiger partial charge in [-0.05, 0) is 30.3 Å². The largest absolute Gasteiger partial charge is 0.399 e. The third-order valence-electron chi connectivity index (χ3n) is 2.87. The van der Waals surface area contributed by atoms with Crippen molar-refractivity contribution in [3.8, 4) is 0 Å². The molecule has 8 nitrogen and oxygen atoms in total. The van der Waals surface area contributed by atoms with Gasteiger partial charge in [0.15, 0.2) is 0 Å². The van der Waals surface area contributed by atoms with Gasteiger partial charge in [-0.25, -0.2) is 0 Å². The number of hydrogen-bond acceptors (Lipinski definition) is 6. The third kappa shape index (κ3) is 3.44. The molecular formula is C13H12N4O4. The lowest BCUT2D eigenvalue weighted by molar-refractivity contribution is -0.394. The van der Waals surface area contributed by atoms with Crippen molar-refractivity contribution in [2.75, 3.05) is 11.1 Å². The summed E-state index contributed by atoms with van der Waals surface area (Å²) in [7, 11) is 0. The van der Waals surface area contributed by atoms with E-state index in [-0.39, 0.29) is 17.9 Å². The lowest BCUT2D eigenvalue weighted by Gasteiger charge is -2.07. The van der Waals surface area contributed by atoms with E-state index < -0.39 is 9.85 Å². The average molecular weight is 288 g/mol. The van der Waals surface area contributed by atoms with Crippen molar-refractivity contribution >= 4 is 22.7 Å². The first-order valence-corrected chi connectivity index (χ1v) is 5.98. The average Bonchev–Trinajstić information content (AvgIpc) is 2.46. The fourth-order valence-electron chi connectivity index (χ4n) is 1.78. The molecule has 0 fully saturated rings. The second kappa shape index (κ2) is 5.87. The molecular weight excluding hydrogens is 276 g/mol. The van der Waals surface area contributed by atoms with Crippen LogP contribution in [0.5, 0.6) is 0 Å². The molecule has 3 N–H and O–H groups in total. The number of non-ortho nitro benzene ring substituents is 1. The lowest BCUT2D eigenvalue weighted by atomic mass is 10.1. The van der Waals surface area contributed by atoms with E-state index in [2.05, 4.69) is 5.32 Å². The van der Waals surface area contributed by atoms with E-state index in [0.717, 1.165) is 11.8 Å². The zero-order valence-corrected chi connectivity index (χ0v) is 10.9. The summed E-state index contributed by atoms with van der Waals surface area (Å²) in [6.45, 7) is 0.179. The van der Waals surface area contributed by atoms with E-state index in [0.29, 0.717) is 11.3 Å². The first-order chi connectivity index (χ1) is 9.97. The Hall–Kier alpha value is -3.16. The van der Waals surface area contributed by atoms with Gasteiger partial charge in [0.2, 0.25) is 0 Å². The monoisotopic (exact) mass is 288 g/mol. The molecule has 0 aromatic heterocycles. The third-order valence-corrected chi connectivity index (χ3v) is 2.87. The van der Waals surface area contributed by atoms with Crippen molar-refractivity contribution in [3.63, 3.8) is 0 Å². The number of benzene rings is 2. The molecule has 8 heteroatoms. The normalized spacial score (nSPS) is 10.1. The maximum Gasteiger partial charge on any atom is 0.281 e. The van der Waals surface area contributed by atoms with Gasteiger partial charge in [0.1, 0.15) is 0 Å². The summed E-state index contributed by atoms with van der Waals surface area (Å²) in [5.74, 6) is 0. The van der Waals surface area contributed by atoms with Crippen molar-refractivity contribution < 1.29 is 9.85 Å². The van der Waals surface area contributed by atoms with E-state index in [4.69, 9.17) is 5.73 Å². The Balaban J connectivity index is 2.21. The minimum absolute atomic E-state index is 0.179. The molecule has 0 aliphatic rings. The standard InChI is InChI=1S/C13H12N4O4/c14-10-2-4-11(5-3-10)15-8-9-1-6-12(16(18)19)7-13(9)17(20)21/h1-7,15H,8,14H2. The van der Waals surface area contributed by atoms with Crippen LogP contribution in [0.2, 0.25) is 0 Å². The minimum Gasteiger partial charge on any atom is -0.399 e. The SMILES string of the molecule is Nc1ccc(NCc2ccc([N+](=O)[O-])cc2[N+](=O)[O-])cc1. The molecule has 0 atom stereocenters. The Morgan fingerprint density at radius 3 is 2.24 bits per heavy atom. The van der Waals surface area contributed by atoms with Gasteiger partial charge in [0.05, 0.1) is 15.9 Å². The Kier molecular flexibility index (Phi) is 3.98. The predicted octanol–water partition coefficient (Wildman–Crippen LogP) is 2.70. The zero-order chi connectivity index (χ0) is 15.4. The summed E-state index contributed by atoms with van der Waals surface area (Å²) in [6.07, 6.45) is 0. The number of nitro benzene ring substituents is 2. The van der Waals surface area contributed by atoms with E-state index >= 15 is 0 Å². The van der Waals surface area contributed by atoms with Gasteiger partial charge >= 0.3 is 0 Å². The molecule has 2 aromatic carbocycles. The van der Waals surface area contributed by atoms with Crippen LogP contribution in [0.4, 0.5) is 22.7 Å². The van der Waals surface area contributed by atoms with Gasteiger partial charge in [0.25, 0.3) is 11.4 Å². The van der Waals surface area contributed by atoms with Gasteiger partial charge in [-0.1, -0.05) is 0 Å². The number of nitrogens with one attached hydrogen (secondary N) is 1. The van der Waals surface area contributed by atoms with Crippen molar-refractivity contribution in [2.24, 2.45) is 0 Å². The Bertz CT molecular complexity index is 685. The topological polar surface area (TPSA) is 124 Å². The molecule has 0 unspecified atom stereocenters. The highest BCUT2D eigenvalue weighted by Gasteiger charge is 2.18. The molecule has 0 radical (unpaired) electrons. The molecule has 108 valence electrons. The first-order valence-electron chi connectivity index (χ1n) is 5.98. The van der Waals surface area contributed by atoms with E-state index in [1.165, 1.54) is 12.1 Å². The number of nitro groups is 2. The van der Waals surface area contributed by atoms with Gasteiger partial charge in [0, 0.05) is 29.5 Å². The molecule has 0 saturated carbocycles. The maximum atomic E-state index is 11.0. The van der Waals surface area contributed by atoms with Crippen LogP contribution in [0.15, 0.2) is 42.5 Å². The molecule has 2 aromatic rings. The number of hydrogen-bond donors (Lipinski definition) is 2. The highest BCUT2D eigenvalue weighted by Crippen LogP contribution is 2.25. The Morgan fingerprint density at radius 2 is 1.67 bits per heavy atom. The molecule has 0 amide bonds. The van der Waals surface area contributed by atoms with Gasteiger partial charge in [-0.15, -0.1) is 0 Å². The number of nitrogen functional groups attached to an aromatic ring is 1. The van der Waals surface area contributed by atoms with Gasteiger partial charge in [-0.2, -0.15) is 0 Å². The summed E-state index contributed by atoms with van der Waals surface area (Å²) in [5.41, 5.74) is 6.69. The lowest BCUT2D eigenvalue weighted by Crippen LogP contribution is -2.04. The van der Waals surface area contributed by atoms with E-state index in [9.17, 15) is 20.2 Å². The fraction of sp³-hybridized carbons (Fsp3) is 0.0769. The van der Waals surface area contributed by atoms with Gasteiger partial charge in [-0.3, -0.25) is 20.2 Å². The molecule has 21 heavy (non-hydrogen) atoms. The highest BCUT2D eigenvalue weighted by atomic mass is 16.6. The fourth-order valence-corrected chi connectivity index (χ4v) is 1.78. The Labute approximate surface area is 119 Å². The molecule has 0 aliphatic heterocycles. The maximum absolute atomic E-state index is 11.0. The summed E-state index contributed by atoms with van der Waals surface area (Å²) < 4.78 is 0. The quantitative estimate of drug-likeness (QED) is 0.495. The summed E-state index contributed by atoms with van der Waals surface area (Å²) in [4.78, 5) is 20.4. The van der Waals surface area contributed by atoms with Crippen molar-refractivity contribution in [1.29, 1.82) is 0 Å². The summed E-state index contributed by atoms with van der Waals surface area (Å²) >= 11 is 0. The molecule has 2 rings (SSSR count). The summed E-state index contributed by atoms with van der Waals surface area (Å²) in [5, 5.41) is 24.6. The van der Waals surface area contributed by atoms with Crippen molar-refractivity contribution in [2.45, 2.75) is 6.54 Å². The number of rotatable bonds is 5. The van der Waals surface area contributed by atoms with Crippen molar-refractivity contribution in [1.82, 2.24) is 0 Å². The number of nitrogens with zero attached hydrogens (tertiary/aromatic N) is 2. The van der Waals surface area contributed by atoms with Crippen LogP contribution in [-0.4, -0.2) is 9.85 Å². The molecule has 0 spiro atoms. The van der Waals surface area contributed by atoms with Crippen LogP contribution < -0.4 is 11.1 Å². The van der Waals surface area contributed by atoms with Crippen LogP contribution in [0.3, 0.4) is 0 Å². The van der Waals surface area contributed by atoms with Gasteiger partial charge < -0.3 is 11.1 Å². The smallest absolute Gasteiger partial charge is 0.281 e. The molecule has 0 bridgehead atoms. The predicted molar refractivity (Wildman–Crippen MR) is 77.9 cm³/mol. The molecule has 0 aliphatic carbocycles. The number of anilines is 2. The highest BCUT2D eigenvalue weighted by molar-refractivity contribution is 5.54. The Morgan fingerprint density at radius 1 is 1.00 bits per heavy atom. The summed E-state index contributed by atoms with van der Waals surface area (Å²) in [6, 6.07) is 10.5. The number of nitrogens with two attached hydrogens (primary N) is 1. The van der Waals surface area contributed by atoms with Crippen LogP contribution in [0, 0.1) is 20.2 Å². The second-order valence-corrected chi connectivity index (χ2v) is 4.30. The first kappa shape index (κ1) is 14.3. The zero-order valence-electron chi connectivity index (χ0n) is 10.9. The van der Waals surface area contributed by atoms with Crippen LogP contribution in [-0.2, 0) is 6.54 Å². The van der Waals surface area contributed by atoms with Crippen LogP contribution in [0.1, 0.15) is 5.56 Å². The van der Waals surface area contributed by atoms with Crippen LogP contribution >= 0.6 is 0 Å². The van der Waals surface area contributed by atoms with E-state index in [1.807, 2.05) is 0 Å².